The molecule has 23 heavy (non-hydrogen) atoms. The van der Waals surface area contributed by atoms with Gasteiger partial charge in [0.1, 0.15) is 0 Å². The van der Waals surface area contributed by atoms with Crippen LogP contribution >= 0.6 is 17.0 Å². The van der Waals surface area contributed by atoms with Gasteiger partial charge in [-0.3, -0.25) is 0 Å². The van der Waals surface area contributed by atoms with Crippen molar-refractivity contribution in [1.82, 2.24) is 0 Å². The molecule has 14 radical (unpaired) electrons. The van der Waals surface area contributed by atoms with Crippen molar-refractivity contribution in [2.45, 2.75) is 13.8 Å². The van der Waals surface area contributed by atoms with Crippen LogP contribution in [0.15, 0.2) is 48.6 Å². The zero-order valence-corrected chi connectivity index (χ0v) is 16.8. The van der Waals surface area contributed by atoms with Crippen molar-refractivity contribution < 1.29 is 20.8 Å². The van der Waals surface area contributed by atoms with E-state index in [-0.39, 0.29) is 0 Å². The maximum atomic E-state index is 4.93. The molecule has 0 N–H and O–H groups in total. The van der Waals surface area contributed by atoms with Gasteiger partial charge in [0.2, 0.25) is 0 Å². The molecule has 0 nitrogen and oxygen atoms in total. The summed E-state index contributed by atoms with van der Waals surface area (Å²) >= 11 is -0.826. The summed E-state index contributed by atoms with van der Waals surface area (Å²) in [6, 6.07) is 0. The first kappa shape index (κ1) is 19.7. The Balaban J connectivity index is 0.000000143. The molecule has 0 amide bonds. The first-order chi connectivity index (χ1) is 11.1. The molecule has 0 bridgehead atoms. The third kappa shape index (κ3) is 6.34. The fraction of sp³-hybridized carbons (Fsp3) is 0.100. The van der Waals surface area contributed by atoms with Crippen LogP contribution in [0.2, 0.25) is 0 Å². The molecule has 0 aromatic carbocycles. The van der Waals surface area contributed by atoms with E-state index < -0.39 is 20.8 Å². The van der Waals surface area contributed by atoms with Gasteiger partial charge >= 0.3 is 37.9 Å². The van der Waals surface area contributed by atoms with Crippen LogP contribution in [0, 0.1) is 61.2 Å². The monoisotopic (exact) mass is 414 g/mol. The Morgan fingerprint density at radius 2 is 0.826 bits per heavy atom. The molecule has 3 heteroatoms. The Morgan fingerprint density at radius 1 is 0.609 bits per heavy atom. The third-order valence-electron chi connectivity index (χ3n) is 3.14. The van der Waals surface area contributed by atoms with Gasteiger partial charge in [0.15, 0.2) is 0 Å². The average molecular weight is 416 g/mol. The fourth-order valence-electron chi connectivity index (χ4n) is 2.27. The van der Waals surface area contributed by atoms with Crippen molar-refractivity contribution in [3.63, 3.8) is 0 Å². The van der Waals surface area contributed by atoms with E-state index >= 15 is 0 Å². The zero-order valence-electron chi connectivity index (χ0n) is 12.9. The molecular weight excluding hydrogens is 402 g/mol. The van der Waals surface area contributed by atoms with Gasteiger partial charge in [-0.2, -0.15) is 0 Å². The molecule has 0 saturated heterocycles. The second-order valence-electron chi connectivity index (χ2n) is 4.91. The number of rotatable bonds is 0. The first-order valence-corrected chi connectivity index (χ1v) is 13.4. The van der Waals surface area contributed by atoms with E-state index in [0.717, 1.165) is 11.8 Å². The molecule has 0 aliphatic heterocycles. The van der Waals surface area contributed by atoms with Crippen LogP contribution in [0.3, 0.4) is 0 Å². The summed E-state index contributed by atoms with van der Waals surface area (Å²) in [6.45, 7) is 4.03. The van der Waals surface area contributed by atoms with Gasteiger partial charge in [0.25, 0.3) is 0 Å². The van der Waals surface area contributed by atoms with E-state index in [9.17, 15) is 0 Å². The Kier molecular flexibility index (Phi) is 8.95. The normalized spacial score (nSPS) is 24.7. The molecule has 2 fully saturated rings. The van der Waals surface area contributed by atoms with Gasteiger partial charge < -0.3 is 0 Å². The van der Waals surface area contributed by atoms with E-state index in [0.29, 0.717) is 0 Å². The predicted octanol–water partition coefficient (Wildman–Crippen LogP) is 5.44. The van der Waals surface area contributed by atoms with Crippen molar-refractivity contribution in [2.75, 3.05) is 0 Å². The van der Waals surface area contributed by atoms with Crippen LogP contribution < -0.4 is 0 Å². The summed E-state index contributed by atoms with van der Waals surface area (Å²) in [4.78, 5) is 0. The molecule has 112 valence electrons. The van der Waals surface area contributed by atoms with Gasteiger partial charge in [-0.05, 0) is 11.8 Å². The summed E-state index contributed by atoms with van der Waals surface area (Å²) in [6.07, 6.45) is 29.1. The van der Waals surface area contributed by atoms with E-state index in [1.165, 1.54) is 23.7 Å². The minimum absolute atomic E-state index is 0.826. The quantitative estimate of drug-likeness (QED) is 0.493. The van der Waals surface area contributed by atoms with E-state index in [4.69, 9.17) is 17.0 Å². The van der Waals surface area contributed by atoms with E-state index in [2.05, 4.69) is 50.0 Å². The molecule has 4 aliphatic rings. The summed E-state index contributed by atoms with van der Waals surface area (Å²) < 4.78 is 0. The molecule has 0 spiro atoms. The zero-order chi connectivity index (χ0) is 16.7. The Labute approximate surface area is 160 Å². The molecular formula is C20H14Cl2Zr. The van der Waals surface area contributed by atoms with Crippen LogP contribution in [0.4, 0.5) is 0 Å². The molecule has 0 aromatic rings. The molecule has 0 aromatic heterocycles. The summed E-state index contributed by atoms with van der Waals surface area (Å²) in [7, 11) is 9.87. The molecule has 4 rings (SSSR count). The maximum absolute atomic E-state index is 4.93. The van der Waals surface area contributed by atoms with Crippen molar-refractivity contribution in [1.29, 1.82) is 0 Å². The summed E-state index contributed by atoms with van der Waals surface area (Å²) in [5, 5.41) is 0. The Morgan fingerprint density at radius 3 is 1.04 bits per heavy atom. The van der Waals surface area contributed by atoms with Crippen LogP contribution in [0.1, 0.15) is 13.8 Å². The van der Waals surface area contributed by atoms with Crippen LogP contribution in [-0.2, 0) is 20.8 Å². The van der Waals surface area contributed by atoms with Gasteiger partial charge in [-0.15, -0.1) is 0 Å². The SMILES string of the molecule is C[C]1[C][C]2C=CC=C[C]2[C]1.C[C]1[C][C]2C=CC=C[C]2[C]1.[Cl][Zr][Cl]. The molecule has 0 atom stereocenters. The second-order valence-corrected chi connectivity index (χ2v) is 8.64. The standard InChI is InChI=1S/2C10H7.2ClH.Zr/c2*1-8-6-9-4-2-3-5-10(9)7-8;;;/h2*2-5H,1H3;2*1H;/q;;;;+2/p-2. The number of hydrogen-bond donors (Lipinski definition) is 0. The van der Waals surface area contributed by atoms with Crippen molar-refractivity contribution in [2.24, 2.45) is 0 Å². The summed E-state index contributed by atoms with van der Waals surface area (Å²) in [5.74, 6) is 6.86. The Hall–Kier alpha value is 0.423. The van der Waals surface area contributed by atoms with Gasteiger partial charge in [-0.25, -0.2) is 0 Å². The fourth-order valence-corrected chi connectivity index (χ4v) is 2.27. The predicted molar refractivity (Wildman–Crippen MR) is 92.0 cm³/mol. The van der Waals surface area contributed by atoms with Crippen molar-refractivity contribution in [3.05, 3.63) is 110 Å². The van der Waals surface area contributed by atoms with E-state index in [1.807, 2.05) is 38.2 Å². The third-order valence-corrected chi connectivity index (χ3v) is 3.14. The van der Waals surface area contributed by atoms with Gasteiger partial charge in [0.05, 0.1) is 0 Å². The minimum atomic E-state index is -0.826. The van der Waals surface area contributed by atoms with Crippen LogP contribution in [0.25, 0.3) is 0 Å². The van der Waals surface area contributed by atoms with Crippen LogP contribution in [0.5, 0.6) is 0 Å². The average Bonchev–Trinajstić information content (AvgIpc) is 3.08. The van der Waals surface area contributed by atoms with Crippen LogP contribution in [-0.4, -0.2) is 0 Å². The van der Waals surface area contributed by atoms with Gasteiger partial charge in [-0.1, -0.05) is 62.5 Å². The molecule has 4 aliphatic carbocycles. The number of allylic oxidation sites excluding steroid dienone is 8. The topological polar surface area (TPSA) is 0 Å². The van der Waals surface area contributed by atoms with E-state index in [1.54, 1.807) is 0 Å². The number of fused-ring (bicyclic) bond motifs is 2. The Bertz CT molecular complexity index is 384. The summed E-state index contributed by atoms with van der Waals surface area (Å²) in [5.41, 5.74) is 0. The van der Waals surface area contributed by atoms with Crippen molar-refractivity contribution in [3.8, 4) is 0 Å². The molecule has 2 saturated carbocycles. The number of hydrogen-bond acceptors (Lipinski definition) is 0. The molecule has 0 unspecified atom stereocenters. The second kappa shape index (κ2) is 10.4. The van der Waals surface area contributed by atoms with Gasteiger partial charge in [0, 0.05) is 49.4 Å². The first-order valence-electron chi connectivity index (χ1n) is 7.03. The van der Waals surface area contributed by atoms with Crippen molar-refractivity contribution >= 4 is 17.0 Å². The molecule has 0 heterocycles. The number of halogens is 2.